The van der Waals surface area contributed by atoms with Crippen molar-refractivity contribution in [3.05, 3.63) is 131 Å². The van der Waals surface area contributed by atoms with Crippen LogP contribution in [-0.2, 0) is 17.8 Å². The zero-order valence-electron chi connectivity index (χ0n) is 33.5. The Morgan fingerprint density at radius 2 is 1.03 bits per heavy atom. The maximum atomic E-state index is 14.7. The number of Topliss-reactive ketones (excluding diaryl/α,β-unsaturated/α-hetero) is 1. The van der Waals surface area contributed by atoms with Gasteiger partial charge in [-0.1, -0.05) is 54.6 Å². The number of ether oxygens (including phenoxy) is 1. The number of hydrogen-bond acceptors (Lipinski definition) is 8. The summed E-state index contributed by atoms with van der Waals surface area (Å²) < 4.78 is 34.0. The third-order valence-corrected chi connectivity index (χ3v) is 10.3. The second kappa shape index (κ2) is 21.2. The van der Waals surface area contributed by atoms with Crippen molar-refractivity contribution in [2.45, 2.75) is 25.9 Å². The van der Waals surface area contributed by atoms with Gasteiger partial charge in [0.25, 0.3) is 0 Å². The predicted octanol–water partition coefficient (Wildman–Crippen LogP) is 6.11. The summed E-state index contributed by atoms with van der Waals surface area (Å²) >= 11 is 0. The number of urea groups is 2. The first-order chi connectivity index (χ1) is 28.0. The van der Waals surface area contributed by atoms with Crippen LogP contribution in [-0.4, -0.2) is 124 Å². The van der Waals surface area contributed by atoms with Crippen LogP contribution in [0.5, 0.6) is 0 Å². The van der Waals surface area contributed by atoms with Crippen LogP contribution in [0.1, 0.15) is 44.7 Å². The van der Waals surface area contributed by atoms with Crippen molar-refractivity contribution in [1.29, 1.82) is 0 Å². The summed E-state index contributed by atoms with van der Waals surface area (Å²) in [7, 11) is 5.34. The molecule has 0 bridgehead atoms. The van der Waals surface area contributed by atoms with Crippen LogP contribution in [0.2, 0.25) is 0 Å². The Labute approximate surface area is 339 Å². The molecular formula is C44H53F2N7O5. The van der Waals surface area contributed by atoms with E-state index in [4.69, 9.17) is 5.73 Å². The van der Waals surface area contributed by atoms with Crippen LogP contribution in [0.25, 0.3) is 0 Å². The molecule has 12 nitrogen and oxygen atoms in total. The minimum atomic E-state index is -0.597. The van der Waals surface area contributed by atoms with E-state index < -0.39 is 17.6 Å². The third-order valence-electron chi connectivity index (χ3n) is 10.3. The number of nitrogens with two attached hydrogens (primary N) is 1. The normalized spacial score (nSPS) is 15.0. The second-order valence-corrected chi connectivity index (χ2v) is 14.4. The summed E-state index contributed by atoms with van der Waals surface area (Å²) in [6, 6.07) is 26.7. The molecule has 4 aromatic carbocycles. The zero-order valence-corrected chi connectivity index (χ0v) is 33.5. The fraction of sp³-hybridized carbons (Fsp3) is 0.364. The van der Waals surface area contributed by atoms with Crippen molar-refractivity contribution in [3.8, 4) is 0 Å². The van der Waals surface area contributed by atoms with Gasteiger partial charge in [0.1, 0.15) is 11.6 Å². The highest BCUT2D eigenvalue weighted by Gasteiger charge is 2.27. The number of ketones is 1. The lowest BCUT2D eigenvalue weighted by atomic mass is 10.1. The Balaban J connectivity index is 0.000000221. The fourth-order valence-corrected chi connectivity index (χ4v) is 6.80. The van der Waals surface area contributed by atoms with Crippen LogP contribution in [0.3, 0.4) is 0 Å². The van der Waals surface area contributed by atoms with Gasteiger partial charge < -0.3 is 30.1 Å². The zero-order chi connectivity index (χ0) is 41.6. The first kappa shape index (κ1) is 43.4. The smallest absolute Gasteiger partial charge is 0.337 e. The van der Waals surface area contributed by atoms with E-state index in [0.29, 0.717) is 48.7 Å². The van der Waals surface area contributed by atoms with Gasteiger partial charge in [0.2, 0.25) is 0 Å². The maximum absolute atomic E-state index is 14.7. The van der Waals surface area contributed by atoms with Gasteiger partial charge >= 0.3 is 18.0 Å². The van der Waals surface area contributed by atoms with Gasteiger partial charge in [-0.05, 0) is 82.5 Å². The molecule has 4 aromatic rings. The highest BCUT2D eigenvalue weighted by molar-refractivity contribution is 5.97. The molecule has 6 rings (SSSR count). The number of likely N-dealkylation sites (N-methyl/N-ethyl adjacent to an activating group) is 2. The summed E-state index contributed by atoms with van der Waals surface area (Å²) in [6.07, 6.45) is 1.79. The largest absolute Gasteiger partial charge is 0.465 e. The molecule has 2 N–H and O–H groups in total. The van der Waals surface area contributed by atoms with E-state index in [9.17, 15) is 28.0 Å². The van der Waals surface area contributed by atoms with Gasteiger partial charge in [-0.15, -0.1) is 0 Å². The lowest BCUT2D eigenvalue weighted by molar-refractivity contribution is 0.0600. The summed E-state index contributed by atoms with van der Waals surface area (Å²) in [5.41, 5.74) is 7.83. The SMILES string of the molecule is CN1CCCN(C(=O)N(Cc2ccc(C(=O)CN)cc2F)c2ccccc2)CC1.COC(=O)c1ccc(CN(C(=O)N2CCCN(C)CC2)c2ccccc2)c(F)c1. The molecule has 0 spiro atoms. The predicted molar refractivity (Wildman–Crippen MR) is 221 cm³/mol. The average Bonchev–Trinajstić information content (AvgIpc) is 3.61. The number of methoxy groups -OCH3 is 1. The number of carbonyl (C=O) groups is 4. The average molecular weight is 798 g/mol. The minimum Gasteiger partial charge on any atom is -0.465 e. The van der Waals surface area contributed by atoms with E-state index in [2.05, 4.69) is 14.5 Å². The molecule has 0 aliphatic carbocycles. The molecule has 0 radical (unpaired) electrons. The molecule has 58 heavy (non-hydrogen) atoms. The topological polar surface area (TPSA) is 123 Å². The third kappa shape index (κ3) is 11.7. The van der Waals surface area contributed by atoms with Crippen molar-refractivity contribution < 1.29 is 32.7 Å². The van der Waals surface area contributed by atoms with Gasteiger partial charge in [0, 0.05) is 67.3 Å². The Bertz CT molecular complexity index is 1860. The molecule has 0 atom stereocenters. The van der Waals surface area contributed by atoms with Crippen molar-refractivity contribution >= 4 is 35.2 Å². The quantitative estimate of drug-likeness (QED) is 0.159. The number of benzene rings is 4. The first-order valence-electron chi connectivity index (χ1n) is 19.5. The number of esters is 1. The van der Waals surface area contributed by atoms with Gasteiger partial charge in [-0.2, -0.15) is 0 Å². The molecule has 2 aliphatic heterocycles. The van der Waals surface area contributed by atoms with E-state index >= 15 is 0 Å². The van der Waals surface area contributed by atoms with Crippen LogP contribution in [0.15, 0.2) is 97.1 Å². The minimum absolute atomic E-state index is 0.0719. The van der Waals surface area contributed by atoms with Crippen LogP contribution in [0.4, 0.5) is 29.7 Å². The van der Waals surface area contributed by atoms with Crippen LogP contribution in [0, 0.1) is 11.6 Å². The Morgan fingerprint density at radius 1 is 0.603 bits per heavy atom. The number of amides is 4. The number of para-hydroxylation sites is 2. The summed E-state index contributed by atoms with van der Waals surface area (Å²) in [5, 5.41) is 0. The fourth-order valence-electron chi connectivity index (χ4n) is 6.80. The van der Waals surface area contributed by atoms with E-state index in [1.54, 1.807) is 21.9 Å². The maximum Gasteiger partial charge on any atom is 0.337 e. The second-order valence-electron chi connectivity index (χ2n) is 14.4. The Morgan fingerprint density at radius 3 is 1.45 bits per heavy atom. The molecule has 0 saturated carbocycles. The number of rotatable bonds is 9. The standard InChI is InChI=1S/C22H27FN4O2.C22H26FN3O3/c1-25-10-5-11-26(13-12-25)22(29)27(19-6-3-2-4-7-19)16-18-9-8-17(14-20(18)23)21(28)15-24;1-24-11-6-12-25(14-13-24)22(28)26(19-7-4-3-5-8-19)16-18-10-9-17(15-20(18)23)21(27)29-2/h2-4,6-9,14H,5,10-13,15-16,24H2,1H3;3-5,7-10,15H,6,11-14,16H2,1-2H3. The number of carbonyl (C=O) groups excluding carboxylic acids is 4. The molecule has 14 heteroatoms. The lowest BCUT2D eigenvalue weighted by Crippen LogP contribution is -2.44. The summed E-state index contributed by atoms with van der Waals surface area (Å²) in [4.78, 5) is 61.2. The number of halogens is 2. The molecule has 0 aromatic heterocycles. The number of hydrogen-bond donors (Lipinski definition) is 1. The molecule has 4 amide bonds. The first-order valence-corrected chi connectivity index (χ1v) is 19.5. The molecule has 2 heterocycles. The summed E-state index contributed by atoms with van der Waals surface area (Å²) in [5.74, 6) is -1.98. The van der Waals surface area contributed by atoms with Crippen LogP contribution >= 0.6 is 0 Å². The molecular weight excluding hydrogens is 745 g/mol. The summed E-state index contributed by atoms with van der Waals surface area (Å²) in [6.45, 7) is 6.06. The lowest BCUT2D eigenvalue weighted by Gasteiger charge is -2.30. The molecule has 2 saturated heterocycles. The monoisotopic (exact) mass is 797 g/mol. The van der Waals surface area contributed by atoms with Gasteiger partial charge in [0.05, 0.1) is 32.3 Å². The molecule has 0 unspecified atom stereocenters. The van der Waals surface area contributed by atoms with E-state index in [1.165, 1.54) is 25.3 Å². The highest BCUT2D eigenvalue weighted by Crippen LogP contribution is 2.24. The van der Waals surface area contributed by atoms with Gasteiger partial charge in [-0.3, -0.25) is 14.6 Å². The number of nitrogens with zero attached hydrogens (tertiary/aromatic N) is 6. The molecule has 2 fully saturated rings. The Hall–Kier alpha value is -5.70. The van der Waals surface area contributed by atoms with Gasteiger partial charge in [-0.25, -0.2) is 23.2 Å². The Kier molecular flexibility index (Phi) is 15.8. The van der Waals surface area contributed by atoms with E-state index in [1.807, 2.05) is 84.6 Å². The molecule has 308 valence electrons. The number of anilines is 2. The van der Waals surface area contributed by atoms with E-state index in [0.717, 1.165) is 45.1 Å². The highest BCUT2D eigenvalue weighted by atomic mass is 19.1. The van der Waals surface area contributed by atoms with Crippen molar-refractivity contribution in [1.82, 2.24) is 19.6 Å². The van der Waals surface area contributed by atoms with Crippen molar-refractivity contribution in [2.24, 2.45) is 5.73 Å². The van der Waals surface area contributed by atoms with Crippen LogP contribution < -0.4 is 15.5 Å². The van der Waals surface area contributed by atoms with Crippen molar-refractivity contribution in [2.75, 3.05) is 89.9 Å². The van der Waals surface area contributed by atoms with E-state index in [-0.39, 0.29) is 48.6 Å². The van der Waals surface area contributed by atoms with Gasteiger partial charge in [0.15, 0.2) is 5.78 Å². The molecule has 2 aliphatic rings. The van der Waals surface area contributed by atoms with Crippen molar-refractivity contribution in [3.63, 3.8) is 0 Å².